The lowest BCUT2D eigenvalue weighted by Crippen LogP contribution is -2.28. The van der Waals surface area contributed by atoms with Crippen LogP contribution in [0, 0.1) is 19.3 Å². The van der Waals surface area contributed by atoms with Crippen LogP contribution in [0.5, 0.6) is 0 Å². The summed E-state index contributed by atoms with van der Waals surface area (Å²) in [5.74, 6) is 0.193. The van der Waals surface area contributed by atoms with Crippen LogP contribution in [0.2, 0.25) is 0 Å². The van der Waals surface area contributed by atoms with Crippen molar-refractivity contribution in [2.24, 2.45) is 5.41 Å². The smallest absolute Gasteiger partial charge is 0.305 e. The van der Waals surface area contributed by atoms with Gasteiger partial charge in [-0.05, 0) is 51.0 Å². The van der Waals surface area contributed by atoms with E-state index in [0.29, 0.717) is 25.2 Å². The summed E-state index contributed by atoms with van der Waals surface area (Å²) in [6.07, 6.45) is 5.00. The highest BCUT2D eigenvalue weighted by atomic mass is 16.5. The number of unbranched alkanes of at least 4 members (excludes halogenated alkanes) is 2. The molecule has 4 heteroatoms. The van der Waals surface area contributed by atoms with E-state index < -0.39 is 0 Å². The molecule has 1 aromatic heterocycles. The first-order valence-electron chi connectivity index (χ1n) is 9.14. The van der Waals surface area contributed by atoms with Crippen molar-refractivity contribution >= 4 is 11.8 Å². The van der Waals surface area contributed by atoms with Crippen LogP contribution in [-0.4, -0.2) is 22.9 Å². The van der Waals surface area contributed by atoms with Gasteiger partial charge in [-0.15, -0.1) is 0 Å². The van der Waals surface area contributed by atoms with Crippen molar-refractivity contribution in [1.29, 1.82) is 0 Å². The molecule has 0 unspecified atom stereocenters. The number of ether oxygens (including phenoxy) is 1. The van der Waals surface area contributed by atoms with Gasteiger partial charge in [-0.25, -0.2) is 0 Å². The van der Waals surface area contributed by atoms with Gasteiger partial charge in [-0.3, -0.25) is 9.59 Å². The Balaban J connectivity index is 2.00. The van der Waals surface area contributed by atoms with Crippen LogP contribution in [0.15, 0.2) is 0 Å². The molecule has 2 rings (SSSR count). The summed E-state index contributed by atoms with van der Waals surface area (Å²) < 4.78 is 7.30. The Morgan fingerprint density at radius 3 is 2.54 bits per heavy atom. The number of hydrogen-bond donors (Lipinski definition) is 0. The van der Waals surface area contributed by atoms with Gasteiger partial charge in [0.2, 0.25) is 0 Å². The molecule has 0 N–H and O–H groups in total. The molecule has 0 radical (unpaired) electrons. The maximum Gasteiger partial charge on any atom is 0.305 e. The van der Waals surface area contributed by atoms with E-state index in [4.69, 9.17) is 4.74 Å². The minimum Gasteiger partial charge on any atom is -0.466 e. The number of rotatable bonds is 7. The molecule has 0 aliphatic heterocycles. The van der Waals surface area contributed by atoms with Crippen molar-refractivity contribution in [2.75, 3.05) is 6.61 Å². The third-order valence-corrected chi connectivity index (χ3v) is 5.07. The van der Waals surface area contributed by atoms with Crippen LogP contribution in [0.3, 0.4) is 0 Å². The van der Waals surface area contributed by atoms with Gasteiger partial charge in [0, 0.05) is 36.3 Å². The molecule has 0 saturated heterocycles. The molecule has 0 amide bonds. The third kappa shape index (κ3) is 4.08. The number of esters is 1. The summed E-state index contributed by atoms with van der Waals surface area (Å²) in [6, 6.07) is 0. The molecule has 0 saturated carbocycles. The number of carbonyl (C=O) groups is 2. The lowest BCUT2D eigenvalue weighted by Gasteiger charge is -2.30. The Bertz CT molecular complexity index is 625. The van der Waals surface area contributed by atoms with Crippen molar-refractivity contribution in [3.05, 3.63) is 22.5 Å². The Morgan fingerprint density at radius 1 is 1.17 bits per heavy atom. The second-order valence-electron chi connectivity index (χ2n) is 7.74. The highest BCUT2D eigenvalue weighted by Gasteiger charge is 2.35. The predicted octanol–water partition coefficient (Wildman–Crippen LogP) is 4.38. The maximum atomic E-state index is 12.5. The van der Waals surface area contributed by atoms with Gasteiger partial charge >= 0.3 is 5.97 Å². The highest BCUT2D eigenvalue weighted by molar-refractivity contribution is 6.00. The van der Waals surface area contributed by atoms with Gasteiger partial charge in [0.25, 0.3) is 0 Å². The number of fused-ring (bicyclic) bond motifs is 1. The molecular formula is C20H31NO3. The van der Waals surface area contributed by atoms with Gasteiger partial charge in [-0.1, -0.05) is 20.3 Å². The van der Waals surface area contributed by atoms with E-state index in [1.807, 2.05) is 6.92 Å². The average molecular weight is 333 g/mol. The topological polar surface area (TPSA) is 48.3 Å². The summed E-state index contributed by atoms with van der Waals surface area (Å²) in [4.78, 5) is 23.9. The normalized spacial score (nSPS) is 16.1. The molecule has 1 aromatic rings. The molecule has 24 heavy (non-hydrogen) atoms. The van der Waals surface area contributed by atoms with E-state index in [2.05, 4.69) is 32.3 Å². The quantitative estimate of drug-likeness (QED) is 0.549. The Kier molecular flexibility index (Phi) is 5.89. The fourth-order valence-corrected chi connectivity index (χ4v) is 3.78. The molecule has 0 spiro atoms. The zero-order valence-corrected chi connectivity index (χ0v) is 15.8. The summed E-state index contributed by atoms with van der Waals surface area (Å²) >= 11 is 0. The molecule has 1 aliphatic carbocycles. The molecule has 1 aliphatic rings. The molecule has 0 bridgehead atoms. The third-order valence-electron chi connectivity index (χ3n) is 5.07. The summed E-state index contributed by atoms with van der Waals surface area (Å²) in [5.41, 5.74) is 4.60. The number of ketones is 1. The number of nitrogens with zero attached hydrogens (tertiary/aromatic N) is 1. The second kappa shape index (κ2) is 7.54. The predicted molar refractivity (Wildman–Crippen MR) is 95.4 cm³/mol. The molecule has 4 nitrogen and oxygen atoms in total. The first-order chi connectivity index (χ1) is 11.3. The Morgan fingerprint density at radius 2 is 1.88 bits per heavy atom. The van der Waals surface area contributed by atoms with Gasteiger partial charge in [-0.2, -0.15) is 0 Å². The van der Waals surface area contributed by atoms with Crippen LogP contribution in [0.25, 0.3) is 0 Å². The zero-order valence-electron chi connectivity index (χ0n) is 15.8. The summed E-state index contributed by atoms with van der Waals surface area (Å²) in [6.45, 7) is 11.8. The van der Waals surface area contributed by atoms with E-state index in [1.165, 1.54) is 11.4 Å². The number of Topliss-reactive ketones (excluding diaryl/α,β-unsaturated/α-hetero) is 1. The molecule has 0 aromatic carbocycles. The summed E-state index contributed by atoms with van der Waals surface area (Å²) in [7, 11) is 0. The van der Waals surface area contributed by atoms with Gasteiger partial charge in [0.05, 0.1) is 6.61 Å². The van der Waals surface area contributed by atoms with E-state index in [1.54, 1.807) is 0 Å². The molecule has 1 heterocycles. The lowest BCUT2D eigenvalue weighted by atomic mass is 9.75. The van der Waals surface area contributed by atoms with Crippen LogP contribution in [-0.2, 0) is 22.5 Å². The first-order valence-corrected chi connectivity index (χ1v) is 9.14. The van der Waals surface area contributed by atoms with E-state index in [9.17, 15) is 9.59 Å². The number of carbonyl (C=O) groups excluding carboxylic acids is 2. The van der Waals surface area contributed by atoms with E-state index in [0.717, 1.165) is 43.4 Å². The van der Waals surface area contributed by atoms with Crippen molar-refractivity contribution in [1.82, 2.24) is 4.57 Å². The van der Waals surface area contributed by atoms with Crippen molar-refractivity contribution in [2.45, 2.75) is 79.7 Å². The molecule has 0 atom stereocenters. The van der Waals surface area contributed by atoms with Crippen molar-refractivity contribution < 1.29 is 14.3 Å². The van der Waals surface area contributed by atoms with Gasteiger partial charge < -0.3 is 9.30 Å². The monoisotopic (exact) mass is 333 g/mol. The van der Waals surface area contributed by atoms with Crippen LogP contribution in [0.1, 0.15) is 80.2 Å². The maximum absolute atomic E-state index is 12.5. The Labute approximate surface area is 145 Å². The molecular weight excluding hydrogens is 302 g/mol. The number of hydrogen-bond acceptors (Lipinski definition) is 3. The van der Waals surface area contributed by atoms with E-state index in [-0.39, 0.29) is 11.4 Å². The number of aromatic nitrogens is 1. The largest absolute Gasteiger partial charge is 0.466 e. The van der Waals surface area contributed by atoms with Crippen molar-refractivity contribution in [3.8, 4) is 0 Å². The van der Waals surface area contributed by atoms with Crippen LogP contribution >= 0.6 is 0 Å². The van der Waals surface area contributed by atoms with E-state index >= 15 is 0 Å². The molecule has 134 valence electrons. The SMILES string of the molecule is CCOC(=O)CCCCCn1c(C)c(C)c2c1CC(C)(C)CC2=O. The minimum atomic E-state index is -0.102. The standard InChI is InChI=1S/C20H31NO3/c1-6-24-18(23)10-8-7-9-11-21-15(3)14(2)19-16(21)12-20(4,5)13-17(19)22/h6-13H2,1-5H3. The fourth-order valence-electron chi connectivity index (χ4n) is 3.78. The minimum absolute atomic E-state index is 0.0446. The first kappa shape index (κ1) is 18.8. The van der Waals surface area contributed by atoms with Crippen LogP contribution < -0.4 is 0 Å². The molecule has 0 fully saturated rings. The highest BCUT2D eigenvalue weighted by Crippen LogP contribution is 2.38. The fraction of sp³-hybridized carbons (Fsp3) is 0.700. The average Bonchev–Trinajstić information content (AvgIpc) is 2.70. The van der Waals surface area contributed by atoms with Crippen LogP contribution in [0.4, 0.5) is 0 Å². The zero-order chi connectivity index (χ0) is 17.9. The lowest BCUT2D eigenvalue weighted by molar-refractivity contribution is -0.143. The Hall–Kier alpha value is -1.58. The second-order valence-corrected chi connectivity index (χ2v) is 7.74. The summed E-state index contributed by atoms with van der Waals surface area (Å²) in [5, 5.41) is 0. The van der Waals surface area contributed by atoms with Gasteiger partial charge in [0.1, 0.15) is 0 Å². The van der Waals surface area contributed by atoms with Gasteiger partial charge in [0.15, 0.2) is 5.78 Å². The van der Waals surface area contributed by atoms with Crippen molar-refractivity contribution in [3.63, 3.8) is 0 Å².